The molecule has 1 amide bonds. The molecule has 0 radical (unpaired) electrons. The summed E-state index contributed by atoms with van der Waals surface area (Å²) < 4.78 is 48.1. The Labute approximate surface area is 137 Å². The molecule has 1 aromatic rings. The predicted molar refractivity (Wildman–Crippen MR) is 81.3 cm³/mol. The number of carboxylic acid groups (broad SMARTS) is 1. The normalized spacial score (nSPS) is 21.5. The van der Waals surface area contributed by atoms with Crippen molar-refractivity contribution < 1.29 is 31.9 Å². The summed E-state index contributed by atoms with van der Waals surface area (Å²) in [5.74, 6) is -6.02. The highest BCUT2D eigenvalue weighted by atomic mass is 32.2. The van der Waals surface area contributed by atoms with Crippen LogP contribution in [0.5, 0.6) is 0 Å². The summed E-state index contributed by atoms with van der Waals surface area (Å²) in [6.45, 7) is 0. The maximum Gasteiger partial charge on any atom is 0.341 e. The average Bonchev–Trinajstić information content (AvgIpc) is 2.55. The van der Waals surface area contributed by atoms with Crippen molar-refractivity contribution in [1.82, 2.24) is 0 Å². The Balaban J connectivity index is 2.11. The van der Waals surface area contributed by atoms with E-state index in [2.05, 4.69) is 5.32 Å². The lowest BCUT2D eigenvalue weighted by Crippen LogP contribution is -2.31. The first-order chi connectivity index (χ1) is 11.2. The summed E-state index contributed by atoms with van der Waals surface area (Å²) in [5, 5.41) is 11.5. The van der Waals surface area contributed by atoms with E-state index in [9.17, 15) is 26.8 Å². The number of nitrogens with one attached hydrogen (secondary N) is 1. The third kappa shape index (κ3) is 4.08. The molecule has 6 nitrogen and oxygen atoms in total. The van der Waals surface area contributed by atoms with Gasteiger partial charge in [-0.25, -0.2) is 8.42 Å². The Morgan fingerprint density at radius 3 is 2.50 bits per heavy atom. The third-order valence-electron chi connectivity index (χ3n) is 4.06. The molecule has 132 valence electrons. The fraction of sp³-hybridized carbons (Fsp3) is 0.467. The first kappa shape index (κ1) is 18.3. The van der Waals surface area contributed by atoms with E-state index < -0.39 is 44.2 Å². The number of carboxylic acids is 1. The molecule has 24 heavy (non-hydrogen) atoms. The Morgan fingerprint density at radius 2 is 1.88 bits per heavy atom. The van der Waals surface area contributed by atoms with E-state index in [-0.39, 0.29) is 12.1 Å². The van der Waals surface area contributed by atoms with Gasteiger partial charge in [0.05, 0.1) is 10.8 Å². The average molecular weight is 361 g/mol. The van der Waals surface area contributed by atoms with Crippen LogP contribution >= 0.6 is 0 Å². The highest BCUT2D eigenvalue weighted by molar-refractivity contribution is 7.91. The smallest absolute Gasteiger partial charge is 0.341 e. The zero-order chi connectivity index (χ0) is 17.9. The fourth-order valence-electron chi connectivity index (χ4n) is 2.75. The molecule has 0 bridgehead atoms. The number of halogens is 2. The topological polar surface area (TPSA) is 101 Å². The monoisotopic (exact) mass is 361 g/mol. The van der Waals surface area contributed by atoms with Crippen LogP contribution in [0.1, 0.15) is 25.7 Å². The summed E-state index contributed by atoms with van der Waals surface area (Å²) in [6.07, 6.45) is 1.86. The van der Waals surface area contributed by atoms with E-state index in [1.165, 1.54) is 12.1 Å². The van der Waals surface area contributed by atoms with E-state index in [1.54, 1.807) is 0 Å². The number of sulfone groups is 1. The van der Waals surface area contributed by atoms with Crippen LogP contribution in [0.15, 0.2) is 29.2 Å². The Bertz CT molecular complexity index is 735. The van der Waals surface area contributed by atoms with Gasteiger partial charge in [0.15, 0.2) is 0 Å². The summed E-state index contributed by atoms with van der Waals surface area (Å²) in [5.41, 5.74) is 0.0826. The lowest BCUT2D eigenvalue weighted by Gasteiger charge is -2.25. The number of hydrogen-bond acceptors (Lipinski definition) is 4. The lowest BCUT2D eigenvalue weighted by atomic mass is 9.81. The zero-order valence-electron chi connectivity index (χ0n) is 12.6. The summed E-state index contributed by atoms with van der Waals surface area (Å²) in [4.78, 5) is 22.7. The van der Waals surface area contributed by atoms with Crippen molar-refractivity contribution in [1.29, 1.82) is 0 Å². The molecule has 1 aromatic carbocycles. The molecule has 0 spiro atoms. The molecule has 2 N–H and O–H groups in total. The minimum absolute atomic E-state index is 0.0826. The highest BCUT2D eigenvalue weighted by Gasteiger charge is 2.31. The molecule has 0 aliphatic heterocycles. The van der Waals surface area contributed by atoms with Crippen LogP contribution < -0.4 is 5.32 Å². The van der Waals surface area contributed by atoms with E-state index >= 15 is 0 Å². The first-order valence-corrected chi connectivity index (χ1v) is 8.92. The molecular formula is C15H17F2NO5S. The number of anilines is 1. The van der Waals surface area contributed by atoms with Crippen LogP contribution in [-0.2, 0) is 19.4 Å². The van der Waals surface area contributed by atoms with E-state index in [1.807, 2.05) is 0 Å². The zero-order valence-corrected chi connectivity index (χ0v) is 13.4. The summed E-state index contributed by atoms with van der Waals surface area (Å²) in [7, 11) is -4.74. The number of carbonyl (C=O) groups excluding carboxylic acids is 1. The molecule has 9 heteroatoms. The van der Waals surface area contributed by atoms with Crippen LogP contribution in [0.2, 0.25) is 0 Å². The van der Waals surface area contributed by atoms with E-state index in [0.29, 0.717) is 19.3 Å². The van der Waals surface area contributed by atoms with Crippen molar-refractivity contribution in [3.05, 3.63) is 24.3 Å². The maximum absolute atomic E-state index is 12.6. The van der Waals surface area contributed by atoms with Crippen LogP contribution in [0, 0.1) is 11.8 Å². The fourth-order valence-corrected chi connectivity index (χ4v) is 3.52. The van der Waals surface area contributed by atoms with Gasteiger partial charge in [-0.2, -0.15) is 8.78 Å². The van der Waals surface area contributed by atoms with Gasteiger partial charge in [0.1, 0.15) is 0 Å². The summed E-state index contributed by atoms with van der Waals surface area (Å²) in [6, 6.07) is 4.64. The second kappa shape index (κ2) is 7.25. The number of benzene rings is 1. The molecule has 2 atom stereocenters. The van der Waals surface area contributed by atoms with Crippen molar-refractivity contribution in [2.45, 2.75) is 36.3 Å². The molecule has 1 aliphatic rings. The molecule has 0 heterocycles. The van der Waals surface area contributed by atoms with Gasteiger partial charge >= 0.3 is 11.7 Å². The quantitative estimate of drug-likeness (QED) is 0.839. The molecule has 1 fully saturated rings. The largest absolute Gasteiger partial charge is 0.481 e. The molecule has 0 aromatic heterocycles. The van der Waals surface area contributed by atoms with Crippen molar-refractivity contribution in [2.24, 2.45) is 11.8 Å². The number of aliphatic carboxylic acids is 1. The third-order valence-corrected chi connectivity index (χ3v) is 5.44. The number of rotatable bonds is 5. The van der Waals surface area contributed by atoms with Crippen LogP contribution in [0.3, 0.4) is 0 Å². The van der Waals surface area contributed by atoms with Crippen LogP contribution in [0.4, 0.5) is 14.5 Å². The SMILES string of the molecule is O=C(O)C1CCCC(C(=O)Nc2cccc(S(=O)(=O)C(F)F)c2)C1. The van der Waals surface area contributed by atoms with Crippen molar-refractivity contribution >= 4 is 27.4 Å². The van der Waals surface area contributed by atoms with Gasteiger partial charge in [-0.15, -0.1) is 0 Å². The molecule has 2 rings (SSSR count). The highest BCUT2D eigenvalue weighted by Crippen LogP contribution is 2.30. The maximum atomic E-state index is 12.6. The molecular weight excluding hydrogens is 344 g/mol. The minimum atomic E-state index is -4.74. The second-order valence-electron chi connectivity index (χ2n) is 5.72. The minimum Gasteiger partial charge on any atom is -0.481 e. The van der Waals surface area contributed by atoms with Crippen LogP contribution in [0.25, 0.3) is 0 Å². The second-order valence-corrected chi connectivity index (χ2v) is 7.64. The molecule has 1 saturated carbocycles. The summed E-state index contributed by atoms with van der Waals surface area (Å²) >= 11 is 0. The van der Waals surface area contributed by atoms with Crippen LogP contribution in [-0.4, -0.2) is 31.2 Å². The number of amides is 1. The lowest BCUT2D eigenvalue weighted by molar-refractivity contribution is -0.143. The Morgan fingerprint density at radius 1 is 1.21 bits per heavy atom. The first-order valence-electron chi connectivity index (χ1n) is 7.37. The standard InChI is InChI=1S/C15H17F2NO5S/c16-15(17)24(22,23)12-6-2-5-11(8-12)18-13(19)9-3-1-4-10(7-9)14(20)21/h2,5-6,8-10,15H,1,3-4,7H2,(H,18,19)(H,20,21). The predicted octanol–water partition coefficient (Wildman–Crippen LogP) is 2.51. The molecule has 2 unspecified atom stereocenters. The van der Waals surface area contributed by atoms with Gasteiger partial charge in [-0.05, 0) is 37.5 Å². The van der Waals surface area contributed by atoms with Crippen molar-refractivity contribution in [2.75, 3.05) is 5.32 Å². The van der Waals surface area contributed by atoms with E-state index in [4.69, 9.17) is 5.11 Å². The van der Waals surface area contributed by atoms with Gasteiger partial charge in [-0.3, -0.25) is 9.59 Å². The van der Waals surface area contributed by atoms with Gasteiger partial charge in [0.25, 0.3) is 0 Å². The van der Waals surface area contributed by atoms with Gasteiger partial charge < -0.3 is 10.4 Å². The van der Waals surface area contributed by atoms with E-state index in [0.717, 1.165) is 12.1 Å². The van der Waals surface area contributed by atoms with Gasteiger partial charge in [0.2, 0.25) is 15.7 Å². The molecule has 1 aliphatic carbocycles. The Hall–Kier alpha value is -2.03. The number of hydrogen-bond donors (Lipinski definition) is 2. The number of alkyl halides is 2. The van der Waals surface area contributed by atoms with Crippen molar-refractivity contribution in [3.8, 4) is 0 Å². The number of carbonyl (C=O) groups is 2. The van der Waals surface area contributed by atoms with Gasteiger partial charge in [0, 0.05) is 11.6 Å². The Kier molecular flexibility index (Phi) is 5.53. The van der Waals surface area contributed by atoms with Crippen molar-refractivity contribution in [3.63, 3.8) is 0 Å². The van der Waals surface area contributed by atoms with Gasteiger partial charge in [-0.1, -0.05) is 12.5 Å². The molecule has 0 saturated heterocycles.